The monoisotopic (exact) mass is 479 g/mol. The zero-order valence-corrected chi connectivity index (χ0v) is 19.3. The Morgan fingerprint density at radius 2 is 1.34 bits per heavy atom. The highest BCUT2D eigenvalue weighted by molar-refractivity contribution is 6.61. The zero-order valence-electron chi connectivity index (χ0n) is 18.3. The molecule has 0 aromatic carbocycles. The van der Waals surface area contributed by atoms with Gasteiger partial charge in [-0.1, -0.05) is 43.1 Å². The van der Waals surface area contributed by atoms with Crippen LogP contribution in [0.25, 0.3) is 0 Å². The first kappa shape index (κ1) is 37.8. The number of rotatable bonds is 16. The molecular formula is C22H53N5O4Si. The third-order valence-corrected chi connectivity index (χ3v) is 6.67. The van der Waals surface area contributed by atoms with Gasteiger partial charge in [-0.3, -0.25) is 0 Å². The molecule has 0 bridgehead atoms. The topological polar surface area (TPSA) is 90.9 Å². The summed E-state index contributed by atoms with van der Waals surface area (Å²) >= 11 is 0. The van der Waals surface area contributed by atoms with Crippen molar-refractivity contribution in [3.63, 3.8) is 0 Å². The summed E-state index contributed by atoms with van der Waals surface area (Å²) in [4.78, 5) is 15.6. The van der Waals surface area contributed by atoms with E-state index in [4.69, 9.17) is 18.0 Å². The van der Waals surface area contributed by atoms with Gasteiger partial charge in [0.1, 0.15) is 0 Å². The van der Waals surface area contributed by atoms with Crippen LogP contribution in [0, 0.1) is 0 Å². The van der Waals surface area contributed by atoms with E-state index in [1.165, 1.54) is 0 Å². The normalized spacial score (nSPS) is 10.1. The standard InChI is InChI=1S/C18H37N5O4Si.4CH4/c1-7-13-14-23(8-2)17-20-16(21-18(22-17)24-9-3)19-15-28(25-10-4,26-11-5)27-12-6;;;;/h7-15H2,1-6H3,(H,19,20,21,22);4*1H4. The average molecular weight is 480 g/mol. The van der Waals surface area contributed by atoms with Gasteiger partial charge < -0.3 is 28.2 Å². The number of aromatic nitrogens is 3. The van der Waals surface area contributed by atoms with E-state index in [9.17, 15) is 0 Å². The molecule has 1 heterocycles. The lowest BCUT2D eigenvalue weighted by Gasteiger charge is -2.28. The molecule has 0 aliphatic rings. The first-order chi connectivity index (χ1) is 13.6. The SMILES string of the molecule is C.C.C.C.CCCCN(CC)c1nc(NC[Si](OCC)(OCC)OCC)nc(OCC)n1. The summed E-state index contributed by atoms with van der Waals surface area (Å²) < 4.78 is 23.2. The van der Waals surface area contributed by atoms with Crippen LogP contribution in [-0.4, -0.2) is 69.4 Å². The zero-order chi connectivity index (χ0) is 20.8. The maximum atomic E-state index is 5.88. The van der Waals surface area contributed by atoms with Crippen LogP contribution in [-0.2, 0) is 13.3 Å². The fraction of sp³-hybridized carbons (Fsp3) is 0.864. The van der Waals surface area contributed by atoms with Crippen molar-refractivity contribution >= 4 is 20.7 Å². The van der Waals surface area contributed by atoms with Crippen LogP contribution in [0.2, 0.25) is 0 Å². The number of unbranched alkanes of at least 4 members (excludes halogenated alkanes) is 1. The second-order valence-corrected chi connectivity index (χ2v) is 8.53. The largest absolute Gasteiger partial charge is 0.521 e. The number of hydrogen-bond donors (Lipinski definition) is 1. The smallest absolute Gasteiger partial charge is 0.464 e. The Balaban J connectivity index is -0.000000980. The predicted octanol–water partition coefficient (Wildman–Crippen LogP) is 5.44. The average Bonchev–Trinajstić information content (AvgIpc) is 2.68. The molecule has 1 rings (SSSR count). The van der Waals surface area contributed by atoms with Gasteiger partial charge in [0.2, 0.25) is 11.9 Å². The van der Waals surface area contributed by atoms with E-state index >= 15 is 0 Å². The van der Waals surface area contributed by atoms with Crippen LogP contribution < -0.4 is 15.0 Å². The first-order valence-corrected chi connectivity index (χ1v) is 12.3. The van der Waals surface area contributed by atoms with Crippen LogP contribution in [0.5, 0.6) is 6.01 Å². The second kappa shape index (κ2) is 21.4. The maximum Gasteiger partial charge on any atom is 0.521 e. The summed E-state index contributed by atoms with van der Waals surface area (Å²) in [5.41, 5.74) is 0. The van der Waals surface area contributed by atoms with Gasteiger partial charge in [-0.25, -0.2) is 0 Å². The molecule has 0 saturated carbocycles. The fourth-order valence-corrected chi connectivity index (χ4v) is 4.88. The van der Waals surface area contributed by atoms with Crippen molar-refractivity contribution in [2.75, 3.05) is 55.9 Å². The van der Waals surface area contributed by atoms with E-state index in [0.717, 1.165) is 25.9 Å². The molecule has 0 radical (unpaired) electrons. The molecule has 194 valence electrons. The lowest BCUT2D eigenvalue weighted by Crippen LogP contribution is -2.52. The third-order valence-electron chi connectivity index (χ3n) is 3.88. The summed E-state index contributed by atoms with van der Waals surface area (Å²) in [5, 5.41) is 3.23. The van der Waals surface area contributed by atoms with E-state index in [0.29, 0.717) is 50.5 Å². The molecule has 0 amide bonds. The van der Waals surface area contributed by atoms with Crippen LogP contribution >= 0.6 is 0 Å². The lowest BCUT2D eigenvalue weighted by atomic mass is 10.3. The number of ether oxygens (including phenoxy) is 1. The number of nitrogens with one attached hydrogen (secondary N) is 1. The molecule has 0 atom stereocenters. The second-order valence-electron chi connectivity index (χ2n) is 5.94. The first-order valence-electron chi connectivity index (χ1n) is 10.4. The van der Waals surface area contributed by atoms with Crippen molar-refractivity contribution in [2.24, 2.45) is 0 Å². The number of nitrogens with zero attached hydrogens (tertiary/aromatic N) is 4. The van der Waals surface area contributed by atoms with Gasteiger partial charge in [-0.05, 0) is 41.0 Å². The van der Waals surface area contributed by atoms with Gasteiger partial charge in [0.25, 0.3) is 0 Å². The Morgan fingerprint density at radius 3 is 1.78 bits per heavy atom. The van der Waals surface area contributed by atoms with Crippen molar-refractivity contribution in [3.05, 3.63) is 0 Å². The summed E-state index contributed by atoms with van der Waals surface area (Å²) in [6.45, 7) is 15.7. The molecule has 1 aromatic heterocycles. The number of anilines is 2. The molecule has 0 aliphatic carbocycles. The fourth-order valence-electron chi connectivity index (χ4n) is 2.63. The van der Waals surface area contributed by atoms with Gasteiger partial charge in [-0.15, -0.1) is 0 Å². The molecule has 32 heavy (non-hydrogen) atoms. The summed E-state index contributed by atoms with van der Waals surface area (Å²) in [5.74, 6) is 1.03. The van der Waals surface area contributed by atoms with Crippen molar-refractivity contribution in [1.82, 2.24) is 15.0 Å². The highest BCUT2D eigenvalue weighted by atomic mass is 28.4. The van der Waals surface area contributed by atoms with Crippen LogP contribution in [0.1, 0.15) is 84.1 Å². The van der Waals surface area contributed by atoms with Crippen molar-refractivity contribution in [3.8, 4) is 6.01 Å². The molecule has 0 aliphatic heterocycles. The van der Waals surface area contributed by atoms with E-state index in [-0.39, 0.29) is 29.7 Å². The molecule has 0 fully saturated rings. The highest BCUT2D eigenvalue weighted by Crippen LogP contribution is 2.17. The van der Waals surface area contributed by atoms with Crippen molar-refractivity contribution in [2.45, 2.75) is 84.1 Å². The Hall–Kier alpha value is -1.49. The predicted molar refractivity (Wildman–Crippen MR) is 140 cm³/mol. The van der Waals surface area contributed by atoms with Crippen molar-refractivity contribution in [1.29, 1.82) is 0 Å². The van der Waals surface area contributed by atoms with Crippen LogP contribution in [0.3, 0.4) is 0 Å². The van der Waals surface area contributed by atoms with Gasteiger partial charge >= 0.3 is 14.8 Å². The maximum absolute atomic E-state index is 5.88. The van der Waals surface area contributed by atoms with E-state index in [2.05, 4.69) is 39.0 Å². The molecular weight excluding hydrogens is 426 g/mol. The molecule has 10 heteroatoms. The molecule has 0 saturated heterocycles. The number of hydrogen-bond acceptors (Lipinski definition) is 9. The van der Waals surface area contributed by atoms with E-state index < -0.39 is 8.80 Å². The van der Waals surface area contributed by atoms with Gasteiger partial charge in [0, 0.05) is 32.9 Å². The Labute approximate surface area is 200 Å². The van der Waals surface area contributed by atoms with Crippen LogP contribution in [0.15, 0.2) is 0 Å². The van der Waals surface area contributed by atoms with Gasteiger partial charge in [0.05, 0.1) is 12.8 Å². The van der Waals surface area contributed by atoms with Crippen molar-refractivity contribution < 1.29 is 18.0 Å². The quantitative estimate of drug-likeness (QED) is 0.311. The summed E-state index contributed by atoms with van der Waals surface area (Å²) in [6.07, 6.45) is 2.55. The molecule has 1 aromatic rings. The molecule has 9 nitrogen and oxygen atoms in total. The van der Waals surface area contributed by atoms with E-state index in [1.54, 1.807) is 0 Å². The summed E-state index contributed by atoms with van der Waals surface area (Å²) in [7, 11) is -2.85. The Morgan fingerprint density at radius 1 is 0.781 bits per heavy atom. The Bertz CT molecular complexity index is 538. The molecule has 0 spiro atoms. The lowest BCUT2D eigenvalue weighted by molar-refractivity contribution is 0.0740. The Kier molecular flexibility index (Phi) is 25.2. The molecule has 1 N–H and O–H groups in total. The van der Waals surface area contributed by atoms with Gasteiger partial charge in [-0.2, -0.15) is 15.0 Å². The highest BCUT2D eigenvalue weighted by Gasteiger charge is 2.40. The summed E-state index contributed by atoms with van der Waals surface area (Å²) in [6, 6.07) is 0.307. The van der Waals surface area contributed by atoms with Gasteiger partial charge in [0.15, 0.2) is 0 Å². The molecule has 0 unspecified atom stereocenters. The third kappa shape index (κ3) is 12.5. The minimum Gasteiger partial charge on any atom is -0.464 e. The minimum atomic E-state index is -2.85. The van der Waals surface area contributed by atoms with E-state index in [1.807, 2.05) is 27.7 Å². The van der Waals surface area contributed by atoms with Crippen LogP contribution in [0.4, 0.5) is 11.9 Å². The minimum absolute atomic E-state index is 0.